The van der Waals surface area contributed by atoms with Gasteiger partial charge in [0.1, 0.15) is 0 Å². The van der Waals surface area contributed by atoms with E-state index in [1.165, 1.54) is 0 Å². The molecule has 7 heteroatoms. The maximum absolute atomic E-state index is 5.51. The monoisotopic (exact) mass is 341 g/mol. The van der Waals surface area contributed by atoms with Gasteiger partial charge in [-0.1, -0.05) is 35.5 Å². The number of aromatic nitrogens is 3. The summed E-state index contributed by atoms with van der Waals surface area (Å²) in [6.07, 6.45) is 1.86. The molecule has 0 saturated carbocycles. The molecule has 1 atom stereocenters. The molecule has 24 heavy (non-hydrogen) atoms. The molecule has 1 aromatic carbocycles. The van der Waals surface area contributed by atoms with E-state index in [9.17, 15) is 0 Å². The van der Waals surface area contributed by atoms with E-state index in [-0.39, 0.29) is 6.04 Å². The van der Waals surface area contributed by atoms with E-state index >= 15 is 0 Å². The quantitative estimate of drug-likeness (QED) is 0.727. The van der Waals surface area contributed by atoms with Crippen molar-refractivity contribution in [3.05, 3.63) is 47.8 Å². The molecule has 1 fully saturated rings. The molecule has 0 amide bonds. The number of thiazole rings is 1. The number of benzene rings is 1. The van der Waals surface area contributed by atoms with Crippen LogP contribution < -0.4 is 4.90 Å². The lowest BCUT2D eigenvalue weighted by atomic mass is 10.2. The highest BCUT2D eigenvalue weighted by atomic mass is 32.1. The summed E-state index contributed by atoms with van der Waals surface area (Å²) in [5.74, 6) is 1.33. The summed E-state index contributed by atoms with van der Waals surface area (Å²) in [5, 5.41) is 7.25. The molecule has 4 rings (SSSR count). The number of piperazine rings is 1. The Morgan fingerprint density at radius 3 is 2.62 bits per heavy atom. The molecule has 0 N–H and O–H groups in total. The van der Waals surface area contributed by atoms with Crippen molar-refractivity contribution >= 4 is 16.5 Å². The van der Waals surface area contributed by atoms with Gasteiger partial charge in [-0.2, -0.15) is 4.98 Å². The first-order chi connectivity index (χ1) is 11.8. The molecular weight excluding hydrogens is 322 g/mol. The van der Waals surface area contributed by atoms with Crippen molar-refractivity contribution in [3.63, 3.8) is 0 Å². The molecule has 124 valence electrons. The molecule has 1 aliphatic rings. The molecule has 0 bridgehead atoms. The Kier molecular flexibility index (Phi) is 4.27. The van der Waals surface area contributed by atoms with Crippen LogP contribution in [0.1, 0.15) is 18.9 Å². The van der Waals surface area contributed by atoms with Gasteiger partial charge in [-0.25, -0.2) is 4.98 Å². The van der Waals surface area contributed by atoms with Crippen LogP contribution in [0, 0.1) is 0 Å². The molecule has 3 aromatic rings. The van der Waals surface area contributed by atoms with Crippen molar-refractivity contribution in [2.45, 2.75) is 13.0 Å². The van der Waals surface area contributed by atoms with Crippen LogP contribution in [0.25, 0.3) is 11.4 Å². The molecule has 1 aliphatic heterocycles. The van der Waals surface area contributed by atoms with Gasteiger partial charge in [0, 0.05) is 43.3 Å². The number of hydrogen-bond acceptors (Lipinski definition) is 7. The molecule has 0 spiro atoms. The van der Waals surface area contributed by atoms with Gasteiger partial charge >= 0.3 is 0 Å². The Bertz CT molecular complexity index is 765. The van der Waals surface area contributed by atoms with Gasteiger partial charge in [0.25, 0.3) is 0 Å². The van der Waals surface area contributed by atoms with E-state index in [0.717, 1.165) is 36.9 Å². The van der Waals surface area contributed by atoms with Crippen molar-refractivity contribution in [2.75, 3.05) is 31.1 Å². The summed E-state index contributed by atoms with van der Waals surface area (Å²) < 4.78 is 5.51. The topological polar surface area (TPSA) is 58.3 Å². The highest BCUT2D eigenvalue weighted by Crippen LogP contribution is 2.25. The summed E-state index contributed by atoms with van der Waals surface area (Å²) in [6, 6.07) is 10.0. The lowest BCUT2D eigenvalue weighted by Crippen LogP contribution is -2.47. The fourth-order valence-corrected chi connectivity index (χ4v) is 3.63. The zero-order chi connectivity index (χ0) is 16.4. The summed E-state index contributed by atoms with van der Waals surface area (Å²) >= 11 is 1.69. The van der Waals surface area contributed by atoms with E-state index in [1.807, 2.05) is 41.9 Å². The summed E-state index contributed by atoms with van der Waals surface area (Å²) in [5.41, 5.74) is 0.980. The minimum absolute atomic E-state index is 0.119. The molecule has 2 aromatic heterocycles. The summed E-state index contributed by atoms with van der Waals surface area (Å²) in [7, 11) is 0. The fourth-order valence-electron chi connectivity index (χ4n) is 2.94. The molecule has 0 radical (unpaired) electrons. The van der Waals surface area contributed by atoms with Crippen LogP contribution in [0.5, 0.6) is 0 Å². The Morgan fingerprint density at radius 2 is 1.92 bits per heavy atom. The van der Waals surface area contributed by atoms with Crippen LogP contribution in [0.3, 0.4) is 0 Å². The van der Waals surface area contributed by atoms with E-state index in [0.29, 0.717) is 11.7 Å². The number of rotatable bonds is 4. The second-order valence-electron chi connectivity index (χ2n) is 5.84. The van der Waals surface area contributed by atoms with E-state index in [1.54, 1.807) is 11.3 Å². The number of nitrogens with zero attached hydrogens (tertiary/aromatic N) is 5. The predicted octanol–water partition coefficient (Wildman–Crippen LogP) is 3.08. The second-order valence-corrected chi connectivity index (χ2v) is 6.71. The molecule has 1 saturated heterocycles. The lowest BCUT2D eigenvalue weighted by Gasteiger charge is -2.36. The van der Waals surface area contributed by atoms with Crippen LogP contribution >= 0.6 is 11.3 Å². The first-order valence-corrected chi connectivity index (χ1v) is 8.97. The SMILES string of the molecule is CC(c1nc(-c2ccccc2)no1)N1CCN(c2nccs2)CC1. The zero-order valence-corrected chi connectivity index (χ0v) is 14.3. The predicted molar refractivity (Wildman–Crippen MR) is 94.0 cm³/mol. The Hall–Kier alpha value is -2.25. The lowest BCUT2D eigenvalue weighted by molar-refractivity contribution is 0.164. The van der Waals surface area contributed by atoms with Crippen molar-refractivity contribution < 1.29 is 4.52 Å². The number of anilines is 1. The van der Waals surface area contributed by atoms with Gasteiger partial charge in [0.15, 0.2) is 5.13 Å². The molecule has 1 unspecified atom stereocenters. The maximum Gasteiger partial charge on any atom is 0.244 e. The molecule has 0 aliphatic carbocycles. The van der Waals surface area contributed by atoms with Crippen LogP contribution in [-0.4, -0.2) is 46.2 Å². The van der Waals surface area contributed by atoms with Crippen LogP contribution in [0.2, 0.25) is 0 Å². The van der Waals surface area contributed by atoms with E-state index < -0.39 is 0 Å². The first-order valence-electron chi connectivity index (χ1n) is 8.09. The van der Waals surface area contributed by atoms with Crippen molar-refractivity contribution in [1.29, 1.82) is 0 Å². The second kappa shape index (κ2) is 6.70. The van der Waals surface area contributed by atoms with Gasteiger partial charge in [0.2, 0.25) is 11.7 Å². The third-order valence-electron chi connectivity index (χ3n) is 4.38. The van der Waals surface area contributed by atoms with Gasteiger partial charge < -0.3 is 9.42 Å². The van der Waals surface area contributed by atoms with Crippen molar-refractivity contribution in [2.24, 2.45) is 0 Å². The van der Waals surface area contributed by atoms with Crippen molar-refractivity contribution in [3.8, 4) is 11.4 Å². The van der Waals surface area contributed by atoms with Crippen LogP contribution in [-0.2, 0) is 0 Å². The van der Waals surface area contributed by atoms with Crippen LogP contribution in [0.15, 0.2) is 46.4 Å². The number of hydrogen-bond donors (Lipinski definition) is 0. The minimum Gasteiger partial charge on any atom is -0.346 e. The smallest absolute Gasteiger partial charge is 0.244 e. The molecule has 3 heterocycles. The van der Waals surface area contributed by atoms with Gasteiger partial charge in [-0.15, -0.1) is 11.3 Å². The Balaban J connectivity index is 1.42. The fraction of sp³-hybridized carbons (Fsp3) is 0.353. The van der Waals surface area contributed by atoms with E-state index in [2.05, 4.69) is 31.8 Å². The normalized spacial score (nSPS) is 17.1. The zero-order valence-electron chi connectivity index (χ0n) is 13.5. The third kappa shape index (κ3) is 3.05. The van der Waals surface area contributed by atoms with E-state index in [4.69, 9.17) is 4.52 Å². The molecule has 6 nitrogen and oxygen atoms in total. The minimum atomic E-state index is 0.119. The summed E-state index contributed by atoms with van der Waals surface area (Å²) in [6.45, 7) is 5.99. The third-order valence-corrected chi connectivity index (χ3v) is 5.22. The highest BCUT2D eigenvalue weighted by molar-refractivity contribution is 7.13. The Labute approximate surface area is 144 Å². The highest BCUT2D eigenvalue weighted by Gasteiger charge is 2.26. The van der Waals surface area contributed by atoms with Crippen molar-refractivity contribution in [1.82, 2.24) is 20.0 Å². The van der Waals surface area contributed by atoms with Gasteiger partial charge in [0.05, 0.1) is 6.04 Å². The largest absolute Gasteiger partial charge is 0.346 e. The van der Waals surface area contributed by atoms with Gasteiger partial charge in [-0.05, 0) is 6.92 Å². The standard InChI is InChI=1S/C17H19N5OS/c1-13(16-19-15(20-23-16)14-5-3-2-4-6-14)21-8-10-22(11-9-21)17-18-7-12-24-17/h2-7,12-13H,8-11H2,1H3. The Morgan fingerprint density at radius 1 is 1.12 bits per heavy atom. The average molecular weight is 341 g/mol. The van der Waals surface area contributed by atoms with Crippen LogP contribution in [0.4, 0.5) is 5.13 Å². The first kappa shape index (κ1) is 15.3. The maximum atomic E-state index is 5.51. The average Bonchev–Trinajstić information content (AvgIpc) is 3.34. The summed E-state index contributed by atoms with van der Waals surface area (Å²) in [4.78, 5) is 13.7. The molecular formula is C17H19N5OS. The van der Waals surface area contributed by atoms with Gasteiger partial charge in [-0.3, -0.25) is 4.90 Å².